The Morgan fingerprint density at radius 3 is 2.49 bits per heavy atom. The number of benzene rings is 1. The molecule has 2 amide bonds. The summed E-state index contributed by atoms with van der Waals surface area (Å²) in [4.78, 5) is 43.2. The number of methoxy groups -OCH3 is 2. The topological polar surface area (TPSA) is 174 Å². The van der Waals surface area contributed by atoms with Gasteiger partial charge in [-0.1, -0.05) is 16.9 Å². The highest BCUT2D eigenvalue weighted by molar-refractivity contribution is 7.99. The summed E-state index contributed by atoms with van der Waals surface area (Å²) in [6.45, 7) is 0. The predicted octanol–water partition coefficient (Wildman–Crippen LogP) is 2.36. The van der Waals surface area contributed by atoms with Crippen LogP contribution in [0.3, 0.4) is 0 Å². The summed E-state index contributed by atoms with van der Waals surface area (Å²) >= 11 is 0.739. The first-order chi connectivity index (χ1) is 16.5. The SMILES string of the molecule is COc1ccc(C(=O)Nc2c(N)nc(SCC(=O)Nc3cc(C(F)(F)F)on3)[nH]c2=O)cc1OC. The first kappa shape index (κ1) is 25.4. The molecule has 0 unspecified atom stereocenters. The lowest BCUT2D eigenvalue weighted by molar-refractivity contribution is -0.155. The highest BCUT2D eigenvalue weighted by Crippen LogP contribution is 2.31. The number of rotatable bonds is 8. The lowest BCUT2D eigenvalue weighted by Crippen LogP contribution is -2.23. The van der Waals surface area contributed by atoms with Crippen LogP contribution in [0.25, 0.3) is 0 Å². The van der Waals surface area contributed by atoms with Gasteiger partial charge in [-0.15, -0.1) is 0 Å². The number of alkyl halides is 3. The van der Waals surface area contributed by atoms with E-state index in [1.54, 1.807) is 0 Å². The number of amides is 2. The van der Waals surface area contributed by atoms with E-state index in [1.165, 1.54) is 32.4 Å². The molecule has 0 atom stereocenters. The molecule has 0 saturated heterocycles. The molecule has 0 radical (unpaired) electrons. The Kier molecular flexibility index (Phi) is 7.53. The number of hydrogen-bond acceptors (Lipinski definition) is 10. The van der Waals surface area contributed by atoms with Gasteiger partial charge in [-0.3, -0.25) is 19.4 Å². The molecule has 3 aromatic rings. The van der Waals surface area contributed by atoms with Gasteiger partial charge in [0.15, 0.2) is 28.3 Å². The Morgan fingerprint density at radius 1 is 1.17 bits per heavy atom. The minimum absolute atomic E-state index is 0.0668. The number of carbonyl (C=O) groups is 2. The minimum Gasteiger partial charge on any atom is -0.493 e. The fraction of sp³-hybridized carbons (Fsp3) is 0.211. The first-order valence-corrected chi connectivity index (χ1v) is 10.4. The van der Waals surface area contributed by atoms with Crippen LogP contribution in [0.2, 0.25) is 0 Å². The van der Waals surface area contributed by atoms with Gasteiger partial charge >= 0.3 is 6.18 Å². The van der Waals surface area contributed by atoms with E-state index in [1.807, 2.05) is 0 Å². The fourth-order valence-electron chi connectivity index (χ4n) is 2.60. The molecular weight excluding hydrogens is 497 g/mol. The molecule has 3 rings (SSSR count). The maximum absolute atomic E-state index is 12.5. The van der Waals surface area contributed by atoms with Gasteiger partial charge < -0.3 is 30.4 Å². The summed E-state index contributed by atoms with van der Waals surface area (Å²) in [6, 6.07) is 4.88. The largest absolute Gasteiger partial charge is 0.493 e. The van der Waals surface area contributed by atoms with Gasteiger partial charge in [0.05, 0.1) is 20.0 Å². The molecule has 16 heteroatoms. The third-order valence-corrected chi connectivity index (χ3v) is 5.08. The third kappa shape index (κ3) is 6.23. The van der Waals surface area contributed by atoms with E-state index in [9.17, 15) is 27.6 Å². The second kappa shape index (κ2) is 10.4. The number of aromatic nitrogens is 3. The lowest BCUT2D eigenvalue weighted by Gasteiger charge is -2.11. The number of nitrogens with one attached hydrogen (secondary N) is 3. The molecule has 0 saturated carbocycles. The van der Waals surface area contributed by atoms with Crippen molar-refractivity contribution in [2.24, 2.45) is 0 Å². The summed E-state index contributed by atoms with van der Waals surface area (Å²) < 4.78 is 51.9. The van der Waals surface area contributed by atoms with Crippen molar-refractivity contribution in [1.29, 1.82) is 0 Å². The molecule has 5 N–H and O–H groups in total. The average Bonchev–Trinajstić information content (AvgIpc) is 3.28. The summed E-state index contributed by atoms with van der Waals surface area (Å²) in [5.41, 5.74) is 4.83. The van der Waals surface area contributed by atoms with Crippen molar-refractivity contribution in [3.63, 3.8) is 0 Å². The van der Waals surface area contributed by atoms with Crippen LogP contribution in [0.5, 0.6) is 11.5 Å². The van der Waals surface area contributed by atoms with Crippen LogP contribution >= 0.6 is 11.8 Å². The maximum atomic E-state index is 12.5. The number of nitrogens with two attached hydrogens (primary N) is 1. The average molecular weight is 514 g/mol. The number of halogens is 3. The molecule has 12 nitrogen and oxygen atoms in total. The van der Waals surface area contributed by atoms with Gasteiger partial charge in [0, 0.05) is 11.6 Å². The number of hydrogen-bond donors (Lipinski definition) is 4. The van der Waals surface area contributed by atoms with E-state index >= 15 is 0 Å². The molecule has 2 heterocycles. The smallest absolute Gasteiger partial charge is 0.452 e. The molecule has 0 aliphatic heterocycles. The van der Waals surface area contributed by atoms with Crippen LogP contribution in [0.1, 0.15) is 16.1 Å². The summed E-state index contributed by atoms with van der Waals surface area (Å²) in [7, 11) is 2.83. The van der Waals surface area contributed by atoms with Crippen LogP contribution in [-0.2, 0) is 11.0 Å². The highest BCUT2D eigenvalue weighted by Gasteiger charge is 2.36. The molecule has 0 fully saturated rings. The van der Waals surface area contributed by atoms with Gasteiger partial charge in [0.1, 0.15) is 5.69 Å². The standard InChI is InChI=1S/C19H17F3N6O6S/c1-32-9-4-3-8(5-10(9)33-2)16(30)25-14-15(23)26-18(27-17(14)31)35-7-13(29)24-12-6-11(34-28-12)19(20,21)22/h3-6H,7H2,1-2H3,(H,25,30)(H,24,28,29)(H3,23,26,27,31). The molecule has 0 aliphatic carbocycles. The fourth-order valence-corrected chi connectivity index (χ4v) is 3.27. The molecule has 2 aromatic heterocycles. The molecule has 1 aromatic carbocycles. The van der Waals surface area contributed by atoms with Crippen LogP contribution in [-0.4, -0.2) is 46.9 Å². The van der Waals surface area contributed by atoms with Crippen LogP contribution < -0.4 is 31.4 Å². The number of thioether (sulfide) groups is 1. The Labute approximate surface area is 198 Å². The molecule has 35 heavy (non-hydrogen) atoms. The zero-order valence-corrected chi connectivity index (χ0v) is 18.8. The second-order valence-corrected chi connectivity index (χ2v) is 7.53. The van der Waals surface area contributed by atoms with Crippen LogP contribution in [0.15, 0.2) is 38.7 Å². The van der Waals surface area contributed by atoms with E-state index in [4.69, 9.17) is 15.2 Å². The molecule has 186 valence electrons. The van der Waals surface area contributed by atoms with Crippen molar-refractivity contribution in [2.45, 2.75) is 11.3 Å². The van der Waals surface area contributed by atoms with Gasteiger partial charge in [-0.25, -0.2) is 4.98 Å². The Bertz CT molecular complexity index is 1310. The lowest BCUT2D eigenvalue weighted by atomic mass is 10.2. The summed E-state index contributed by atoms with van der Waals surface area (Å²) in [6.07, 6.45) is -4.75. The Hall–Kier alpha value is -4.21. The molecule has 0 aliphatic rings. The third-order valence-electron chi connectivity index (χ3n) is 4.21. The van der Waals surface area contributed by atoms with E-state index in [0.717, 1.165) is 11.8 Å². The number of anilines is 3. The minimum atomic E-state index is -4.75. The number of aromatic amines is 1. The molecular formula is C19H17F3N6O6S. The van der Waals surface area contributed by atoms with Gasteiger partial charge in [-0.2, -0.15) is 13.2 Å². The Balaban J connectivity index is 1.64. The van der Waals surface area contributed by atoms with Crippen molar-refractivity contribution >= 4 is 40.9 Å². The normalized spacial score (nSPS) is 11.1. The first-order valence-electron chi connectivity index (χ1n) is 9.41. The highest BCUT2D eigenvalue weighted by atomic mass is 32.2. The van der Waals surface area contributed by atoms with E-state index in [0.29, 0.717) is 17.6 Å². The van der Waals surface area contributed by atoms with Crippen molar-refractivity contribution in [1.82, 2.24) is 15.1 Å². The molecule has 0 spiro atoms. The number of carbonyl (C=O) groups excluding carboxylic acids is 2. The number of nitrogen functional groups attached to an aromatic ring is 1. The van der Waals surface area contributed by atoms with Gasteiger partial charge in [0.2, 0.25) is 11.7 Å². The molecule has 0 bridgehead atoms. The maximum Gasteiger partial charge on any atom is 0.452 e. The van der Waals surface area contributed by atoms with Crippen LogP contribution in [0, 0.1) is 0 Å². The Morgan fingerprint density at radius 2 is 1.89 bits per heavy atom. The van der Waals surface area contributed by atoms with Crippen molar-refractivity contribution in [3.8, 4) is 11.5 Å². The number of ether oxygens (including phenoxy) is 2. The summed E-state index contributed by atoms with van der Waals surface area (Å²) in [5, 5.41) is 7.51. The predicted molar refractivity (Wildman–Crippen MR) is 118 cm³/mol. The van der Waals surface area contributed by atoms with Crippen molar-refractivity contribution in [2.75, 3.05) is 36.3 Å². The zero-order chi connectivity index (χ0) is 25.8. The van der Waals surface area contributed by atoms with E-state index in [2.05, 4.69) is 30.3 Å². The number of H-pyrrole nitrogens is 1. The van der Waals surface area contributed by atoms with Gasteiger partial charge in [-0.05, 0) is 18.2 Å². The quantitative estimate of drug-likeness (QED) is 0.258. The monoisotopic (exact) mass is 514 g/mol. The second-order valence-electron chi connectivity index (χ2n) is 6.57. The van der Waals surface area contributed by atoms with Crippen molar-refractivity contribution in [3.05, 3.63) is 45.9 Å². The number of nitrogens with zero attached hydrogens (tertiary/aromatic N) is 2. The van der Waals surface area contributed by atoms with Gasteiger partial charge in [0.25, 0.3) is 11.5 Å². The zero-order valence-electron chi connectivity index (χ0n) is 18.0. The van der Waals surface area contributed by atoms with E-state index in [-0.39, 0.29) is 28.0 Å². The van der Waals surface area contributed by atoms with Crippen molar-refractivity contribution < 1.29 is 36.8 Å². The van der Waals surface area contributed by atoms with Crippen LogP contribution in [0.4, 0.5) is 30.5 Å². The summed E-state index contributed by atoms with van der Waals surface area (Å²) in [5.74, 6) is -3.20. The van der Waals surface area contributed by atoms with E-state index < -0.39 is 35.1 Å².